The lowest BCUT2D eigenvalue weighted by molar-refractivity contribution is -0.143. The molecule has 0 aromatic heterocycles. The average molecular weight is 530 g/mol. The van der Waals surface area contributed by atoms with Crippen molar-refractivity contribution in [2.24, 2.45) is 5.41 Å². The van der Waals surface area contributed by atoms with Gasteiger partial charge in [-0.05, 0) is 44.2 Å². The summed E-state index contributed by atoms with van der Waals surface area (Å²) in [5.74, 6) is -1.65. The third-order valence-electron chi connectivity index (χ3n) is 5.58. The molecular weight excluding hydrogens is 508 g/mol. The number of nitrogens with one attached hydrogen (secondary N) is 1. The Hall–Kier alpha value is -2.42. The van der Waals surface area contributed by atoms with Gasteiger partial charge >= 0.3 is 5.97 Å². The van der Waals surface area contributed by atoms with E-state index in [1.807, 2.05) is 0 Å². The number of rotatable bonds is 9. The van der Waals surface area contributed by atoms with Crippen molar-refractivity contribution in [3.8, 4) is 11.8 Å². The molecular formula is C22H22Cl2FN3O5S. The second kappa shape index (κ2) is 9.68. The van der Waals surface area contributed by atoms with Crippen molar-refractivity contribution >= 4 is 39.2 Å². The van der Waals surface area contributed by atoms with Crippen LogP contribution in [-0.4, -0.2) is 55.6 Å². The van der Waals surface area contributed by atoms with E-state index >= 15 is 0 Å². The Balaban J connectivity index is 1.80. The number of nitriles is 1. The molecule has 182 valence electrons. The maximum Gasteiger partial charge on any atom is 0.323 e. The molecule has 0 bridgehead atoms. The Morgan fingerprint density at radius 3 is 2.53 bits per heavy atom. The number of carbonyl (C=O) groups is 1. The molecule has 0 atom stereocenters. The van der Waals surface area contributed by atoms with Crippen LogP contribution >= 0.6 is 23.2 Å². The fourth-order valence-electron chi connectivity index (χ4n) is 3.35. The summed E-state index contributed by atoms with van der Waals surface area (Å²) in [4.78, 5) is 11.4. The summed E-state index contributed by atoms with van der Waals surface area (Å²) in [7, 11) is -3.94. The van der Waals surface area contributed by atoms with Gasteiger partial charge < -0.3 is 15.2 Å². The van der Waals surface area contributed by atoms with Crippen LogP contribution in [-0.2, 0) is 14.8 Å². The Labute approximate surface area is 206 Å². The number of benzene rings is 2. The van der Waals surface area contributed by atoms with E-state index in [9.17, 15) is 22.7 Å². The predicted molar refractivity (Wildman–Crippen MR) is 124 cm³/mol. The van der Waals surface area contributed by atoms with Crippen molar-refractivity contribution in [2.75, 3.05) is 26.2 Å². The minimum Gasteiger partial charge on any atom is -0.493 e. The minimum absolute atomic E-state index is 0.00967. The fourth-order valence-corrected chi connectivity index (χ4v) is 5.76. The highest BCUT2D eigenvalue weighted by Gasteiger charge is 2.50. The topological polar surface area (TPSA) is 120 Å². The van der Waals surface area contributed by atoms with Gasteiger partial charge in [0.25, 0.3) is 0 Å². The smallest absolute Gasteiger partial charge is 0.323 e. The van der Waals surface area contributed by atoms with Gasteiger partial charge in [0, 0.05) is 36.1 Å². The second-order valence-electron chi connectivity index (χ2n) is 8.67. The molecule has 8 nitrogen and oxygen atoms in total. The number of carboxylic acid groups (broad SMARTS) is 1. The number of carboxylic acids is 1. The molecule has 1 fully saturated rings. The summed E-state index contributed by atoms with van der Waals surface area (Å²) in [6.07, 6.45) is 0. The monoisotopic (exact) mass is 529 g/mol. The summed E-state index contributed by atoms with van der Waals surface area (Å²) in [6, 6.07) is 9.59. The van der Waals surface area contributed by atoms with E-state index < -0.39 is 32.8 Å². The third-order valence-corrected chi connectivity index (χ3v) is 8.09. The highest BCUT2D eigenvalue weighted by molar-refractivity contribution is 7.89. The lowest BCUT2D eigenvalue weighted by atomic mass is 9.81. The van der Waals surface area contributed by atoms with Crippen LogP contribution in [0.4, 0.5) is 4.39 Å². The molecule has 34 heavy (non-hydrogen) atoms. The van der Waals surface area contributed by atoms with Gasteiger partial charge in [-0.15, -0.1) is 0 Å². The highest BCUT2D eigenvalue weighted by atomic mass is 35.5. The van der Waals surface area contributed by atoms with E-state index in [1.54, 1.807) is 6.07 Å². The zero-order valence-electron chi connectivity index (χ0n) is 18.3. The van der Waals surface area contributed by atoms with Crippen molar-refractivity contribution in [1.29, 1.82) is 5.26 Å². The molecule has 1 saturated heterocycles. The van der Waals surface area contributed by atoms with Crippen LogP contribution in [0.5, 0.6) is 5.75 Å². The molecule has 1 heterocycles. The van der Waals surface area contributed by atoms with E-state index in [0.717, 1.165) is 6.07 Å². The lowest BCUT2D eigenvalue weighted by Crippen LogP contribution is -2.66. The number of nitrogens with zero attached hydrogens (tertiary/aromatic N) is 2. The molecule has 0 spiro atoms. The molecule has 0 radical (unpaired) electrons. The summed E-state index contributed by atoms with van der Waals surface area (Å²) in [5.41, 5.74) is -2.21. The van der Waals surface area contributed by atoms with Gasteiger partial charge in [-0.1, -0.05) is 23.2 Å². The normalized spacial score (nSPS) is 15.9. The number of halogens is 3. The first-order valence-electron chi connectivity index (χ1n) is 10.1. The first kappa shape index (κ1) is 26.2. The van der Waals surface area contributed by atoms with E-state index in [2.05, 4.69) is 5.32 Å². The zero-order chi connectivity index (χ0) is 25.3. The molecule has 12 heteroatoms. The van der Waals surface area contributed by atoms with Crippen LogP contribution in [0, 0.1) is 22.6 Å². The van der Waals surface area contributed by atoms with Crippen molar-refractivity contribution in [2.45, 2.75) is 24.3 Å². The average Bonchev–Trinajstić information content (AvgIpc) is 2.72. The molecule has 0 saturated carbocycles. The maximum absolute atomic E-state index is 13.9. The third kappa shape index (κ3) is 5.45. The largest absolute Gasteiger partial charge is 0.493 e. The van der Waals surface area contributed by atoms with Crippen molar-refractivity contribution in [3.05, 3.63) is 57.8 Å². The quantitative estimate of drug-likeness (QED) is 0.509. The van der Waals surface area contributed by atoms with Crippen LogP contribution < -0.4 is 10.1 Å². The number of sulfonamides is 1. The SMILES string of the molecule is CC(C)(NCC1(COc2ccc(C#N)c(F)c2)CN(S(=O)(=O)c2ccc(Cl)cc2Cl)C1)C(=O)O. The molecule has 2 N–H and O–H groups in total. The first-order valence-corrected chi connectivity index (χ1v) is 12.3. The zero-order valence-corrected chi connectivity index (χ0v) is 20.6. The van der Waals surface area contributed by atoms with Gasteiger partial charge in [0.05, 0.1) is 17.2 Å². The highest BCUT2D eigenvalue weighted by Crippen LogP contribution is 2.38. The molecule has 0 unspecified atom stereocenters. The van der Waals surface area contributed by atoms with Crippen molar-refractivity contribution < 1.29 is 27.4 Å². The summed E-state index contributed by atoms with van der Waals surface area (Å²) < 4.78 is 47.1. The van der Waals surface area contributed by atoms with Gasteiger partial charge in [0.1, 0.15) is 28.1 Å². The molecule has 3 rings (SSSR count). The minimum atomic E-state index is -3.94. The molecule has 0 aliphatic carbocycles. The van der Waals surface area contributed by atoms with Crippen LogP contribution in [0.2, 0.25) is 10.0 Å². The summed E-state index contributed by atoms with van der Waals surface area (Å²) >= 11 is 12.0. The van der Waals surface area contributed by atoms with Crippen molar-refractivity contribution in [3.63, 3.8) is 0 Å². The number of hydrogen-bond donors (Lipinski definition) is 2. The Kier molecular flexibility index (Phi) is 7.45. The van der Waals surface area contributed by atoms with E-state index in [4.69, 9.17) is 33.2 Å². The van der Waals surface area contributed by atoms with Gasteiger partial charge in [-0.25, -0.2) is 12.8 Å². The van der Waals surface area contributed by atoms with Gasteiger partial charge in [0.15, 0.2) is 0 Å². The van der Waals surface area contributed by atoms with Gasteiger partial charge in [0.2, 0.25) is 10.0 Å². The number of ether oxygens (including phenoxy) is 1. The molecule has 1 aliphatic rings. The summed E-state index contributed by atoms with van der Waals surface area (Å²) in [6.45, 7) is 3.08. The molecule has 0 amide bonds. The first-order chi connectivity index (χ1) is 15.8. The standard InChI is InChI=1S/C22H22Cl2FN3O5S/c1-21(2,20(29)30)27-10-22(13-33-16-5-3-14(9-26)18(25)8-16)11-28(12-22)34(31,32)19-6-4-15(23)7-17(19)24/h3-8,27H,10-13H2,1-2H3,(H,29,30). The Bertz CT molecular complexity index is 1260. The fraction of sp³-hybridized carbons (Fsp3) is 0.364. The number of aliphatic carboxylic acids is 1. The molecule has 2 aromatic carbocycles. The Morgan fingerprint density at radius 2 is 1.97 bits per heavy atom. The predicted octanol–water partition coefficient (Wildman–Crippen LogP) is 3.53. The van der Waals surface area contributed by atoms with Gasteiger partial charge in [-0.3, -0.25) is 4.79 Å². The van der Waals surface area contributed by atoms with Crippen molar-refractivity contribution in [1.82, 2.24) is 9.62 Å². The van der Waals surface area contributed by atoms with E-state index in [-0.39, 0.29) is 47.5 Å². The number of hydrogen-bond acceptors (Lipinski definition) is 6. The van der Waals surface area contributed by atoms with Gasteiger partial charge in [-0.2, -0.15) is 9.57 Å². The molecule has 2 aromatic rings. The summed E-state index contributed by atoms with van der Waals surface area (Å²) in [5, 5.41) is 21.5. The Morgan fingerprint density at radius 1 is 1.29 bits per heavy atom. The van der Waals surface area contributed by atoms with Crippen LogP contribution in [0.15, 0.2) is 41.3 Å². The van der Waals surface area contributed by atoms with E-state index in [1.165, 1.54) is 48.5 Å². The maximum atomic E-state index is 13.9. The van der Waals surface area contributed by atoms with E-state index in [0.29, 0.717) is 5.02 Å². The van der Waals surface area contributed by atoms with Crippen LogP contribution in [0.3, 0.4) is 0 Å². The lowest BCUT2D eigenvalue weighted by Gasteiger charge is -2.49. The van der Waals surface area contributed by atoms with Crippen LogP contribution in [0.25, 0.3) is 0 Å². The molecule has 1 aliphatic heterocycles. The van der Waals surface area contributed by atoms with Crippen LogP contribution in [0.1, 0.15) is 19.4 Å². The second-order valence-corrected chi connectivity index (χ2v) is 11.4.